The molecule has 112 valence electrons. The summed E-state index contributed by atoms with van der Waals surface area (Å²) in [5.74, 6) is 0.214. The molecule has 0 radical (unpaired) electrons. The molecule has 1 heterocycles. The van der Waals surface area contributed by atoms with Gasteiger partial charge in [0.05, 0.1) is 12.0 Å². The van der Waals surface area contributed by atoms with Crippen molar-refractivity contribution in [2.24, 2.45) is 16.7 Å². The fourth-order valence-electron chi connectivity index (χ4n) is 4.03. The molecule has 0 aromatic heterocycles. The monoisotopic (exact) mass is 287 g/mol. The molecule has 21 heavy (non-hydrogen) atoms. The topological polar surface area (TPSA) is 55.4 Å². The number of anilines is 1. The van der Waals surface area contributed by atoms with Crippen molar-refractivity contribution in [1.29, 1.82) is 0 Å². The van der Waals surface area contributed by atoms with Crippen molar-refractivity contribution in [2.75, 3.05) is 11.9 Å². The molecule has 4 nitrogen and oxygen atoms in total. The van der Waals surface area contributed by atoms with E-state index in [-0.39, 0.29) is 22.7 Å². The molecule has 1 aliphatic heterocycles. The molecule has 1 saturated carbocycles. The van der Waals surface area contributed by atoms with Gasteiger partial charge in [-0.15, -0.1) is 0 Å². The van der Waals surface area contributed by atoms with Crippen molar-refractivity contribution in [1.82, 2.24) is 0 Å². The average molecular weight is 287 g/mol. The van der Waals surface area contributed by atoms with Crippen LogP contribution in [0.3, 0.4) is 0 Å². The van der Waals surface area contributed by atoms with Crippen molar-refractivity contribution in [2.45, 2.75) is 33.6 Å². The van der Waals surface area contributed by atoms with E-state index in [4.69, 9.17) is 4.74 Å². The quantitative estimate of drug-likeness (QED) is 0.870. The van der Waals surface area contributed by atoms with E-state index in [1.807, 2.05) is 24.3 Å². The summed E-state index contributed by atoms with van der Waals surface area (Å²) >= 11 is 0. The van der Waals surface area contributed by atoms with Crippen LogP contribution in [0.5, 0.6) is 0 Å². The predicted molar refractivity (Wildman–Crippen MR) is 79.7 cm³/mol. The maximum atomic E-state index is 12.3. The van der Waals surface area contributed by atoms with Crippen molar-refractivity contribution in [3.05, 3.63) is 29.8 Å². The summed E-state index contributed by atoms with van der Waals surface area (Å²) in [5, 5.41) is 2.75. The van der Waals surface area contributed by atoms with Gasteiger partial charge in [-0.1, -0.05) is 26.0 Å². The van der Waals surface area contributed by atoms with E-state index in [2.05, 4.69) is 19.2 Å². The number of hydrogen-bond acceptors (Lipinski definition) is 3. The van der Waals surface area contributed by atoms with Gasteiger partial charge in [-0.2, -0.15) is 0 Å². The summed E-state index contributed by atoms with van der Waals surface area (Å²) in [7, 11) is 0. The molecular weight excluding hydrogens is 266 g/mol. The Bertz CT molecular complexity index is 591. The number of rotatable bonds is 3. The molecule has 1 aliphatic carbocycles. The molecule has 1 aromatic rings. The number of carbonyl (C=O) groups excluding carboxylic acids is 2. The Hall–Kier alpha value is -1.84. The minimum atomic E-state index is -0.372. The van der Waals surface area contributed by atoms with E-state index in [1.54, 1.807) is 0 Å². The Morgan fingerprint density at radius 3 is 2.52 bits per heavy atom. The zero-order valence-corrected chi connectivity index (χ0v) is 12.7. The van der Waals surface area contributed by atoms with Crippen LogP contribution in [0.25, 0.3) is 0 Å². The van der Waals surface area contributed by atoms with Gasteiger partial charge in [0.2, 0.25) is 5.91 Å². The van der Waals surface area contributed by atoms with Gasteiger partial charge < -0.3 is 10.1 Å². The molecule has 0 bridgehead atoms. The zero-order valence-electron chi connectivity index (χ0n) is 12.7. The number of nitrogens with one attached hydrogen (secondary N) is 1. The molecule has 0 spiro atoms. The van der Waals surface area contributed by atoms with Gasteiger partial charge in [0.15, 0.2) is 0 Å². The van der Waals surface area contributed by atoms with Crippen LogP contribution >= 0.6 is 0 Å². The van der Waals surface area contributed by atoms with Crippen molar-refractivity contribution in [3.8, 4) is 0 Å². The SMILES string of the molecule is CC(=O)Nc1ccc(CC23C(=O)OCC2CC3(C)C)cc1. The number of carbonyl (C=O) groups is 2. The molecule has 2 fully saturated rings. The third kappa shape index (κ3) is 2.04. The fraction of sp³-hybridized carbons (Fsp3) is 0.529. The molecule has 1 amide bonds. The van der Waals surface area contributed by atoms with Crippen LogP contribution in [-0.2, 0) is 20.7 Å². The largest absolute Gasteiger partial charge is 0.465 e. The highest BCUT2D eigenvalue weighted by molar-refractivity contribution is 5.88. The number of hydrogen-bond donors (Lipinski definition) is 1. The second-order valence-corrected chi connectivity index (χ2v) is 6.91. The average Bonchev–Trinajstić information content (AvgIpc) is 2.66. The van der Waals surface area contributed by atoms with Gasteiger partial charge in [0.1, 0.15) is 0 Å². The summed E-state index contributed by atoms with van der Waals surface area (Å²) in [6.45, 7) is 6.36. The highest BCUT2D eigenvalue weighted by Crippen LogP contribution is 2.65. The molecule has 3 rings (SSSR count). The maximum absolute atomic E-state index is 12.3. The highest BCUT2D eigenvalue weighted by atomic mass is 16.5. The number of fused-ring (bicyclic) bond motifs is 1. The number of esters is 1. The number of ether oxygens (including phenoxy) is 1. The molecule has 1 aromatic carbocycles. The van der Waals surface area contributed by atoms with Crippen molar-refractivity contribution >= 4 is 17.6 Å². The standard InChI is InChI=1S/C17H21NO3/c1-11(19)18-14-6-4-12(5-7-14)8-17-13(9-16(17,2)3)10-21-15(17)20/h4-7,13H,8-10H2,1-3H3,(H,18,19). The van der Waals surface area contributed by atoms with E-state index in [0.717, 1.165) is 17.7 Å². The van der Waals surface area contributed by atoms with Gasteiger partial charge >= 0.3 is 5.97 Å². The lowest BCUT2D eigenvalue weighted by Crippen LogP contribution is -2.58. The second-order valence-electron chi connectivity index (χ2n) is 6.91. The number of amides is 1. The van der Waals surface area contributed by atoms with E-state index < -0.39 is 0 Å². The highest BCUT2D eigenvalue weighted by Gasteiger charge is 2.68. The zero-order chi connectivity index (χ0) is 15.3. The Kier molecular flexibility index (Phi) is 3.08. The third-order valence-electron chi connectivity index (χ3n) is 5.20. The number of benzene rings is 1. The third-order valence-corrected chi connectivity index (χ3v) is 5.20. The molecule has 2 unspecified atom stereocenters. The fourth-order valence-corrected chi connectivity index (χ4v) is 4.03. The second kappa shape index (κ2) is 4.58. The van der Waals surface area contributed by atoms with Gasteiger partial charge in [-0.25, -0.2) is 0 Å². The first-order valence-electron chi connectivity index (χ1n) is 7.39. The number of cyclic esters (lactones) is 1. The van der Waals surface area contributed by atoms with Crippen LogP contribution in [0, 0.1) is 16.7 Å². The molecular formula is C17H21NO3. The first-order chi connectivity index (χ1) is 9.85. The van der Waals surface area contributed by atoms with Crippen LogP contribution in [0.2, 0.25) is 0 Å². The first kappa shape index (κ1) is 14.1. The van der Waals surface area contributed by atoms with Crippen molar-refractivity contribution < 1.29 is 14.3 Å². The van der Waals surface area contributed by atoms with E-state index in [0.29, 0.717) is 18.9 Å². The molecule has 4 heteroatoms. The first-order valence-corrected chi connectivity index (χ1v) is 7.39. The van der Waals surface area contributed by atoms with Gasteiger partial charge in [0.25, 0.3) is 0 Å². The van der Waals surface area contributed by atoms with Gasteiger partial charge in [-0.3, -0.25) is 9.59 Å². The lowest BCUT2D eigenvalue weighted by Gasteiger charge is -2.55. The minimum absolute atomic E-state index is 0.0123. The summed E-state index contributed by atoms with van der Waals surface area (Å²) in [5.41, 5.74) is 1.51. The molecule has 1 saturated heterocycles. The molecule has 2 aliphatic rings. The van der Waals surface area contributed by atoms with E-state index >= 15 is 0 Å². The Morgan fingerprint density at radius 1 is 1.33 bits per heavy atom. The summed E-state index contributed by atoms with van der Waals surface area (Å²) < 4.78 is 5.33. The summed E-state index contributed by atoms with van der Waals surface area (Å²) in [6.07, 6.45) is 1.76. The van der Waals surface area contributed by atoms with Crippen LogP contribution in [0.4, 0.5) is 5.69 Å². The smallest absolute Gasteiger partial charge is 0.313 e. The summed E-state index contributed by atoms with van der Waals surface area (Å²) in [4.78, 5) is 23.3. The van der Waals surface area contributed by atoms with Crippen molar-refractivity contribution in [3.63, 3.8) is 0 Å². The lowest BCUT2D eigenvalue weighted by molar-refractivity contribution is -0.164. The van der Waals surface area contributed by atoms with Crippen LogP contribution in [-0.4, -0.2) is 18.5 Å². The predicted octanol–water partition coefficient (Wildman–Crippen LogP) is 2.78. The Labute approximate surface area is 124 Å². The van der Waals surface area contributed by atoms with E-state index in [1.165, 1.54) is 6.92 Å². The Morgan fingerprint density at radius 2 is 2.00 bits per heavy atom. The van der Waals surface area contributed by atoms with Gasteiger partial charge in [0, 0.05) is 18.5 Å². The van der Waals surface area contributed by atoms with E-state index in [9.17, 15) is 9.59 Å². The van der Waals surface area contributed by atoms with Crippen LogP contribution in [0.1, 0.15) is 32.8 Å². The molecule has 2 atom stereocenters. The van der Waals surface area contributed by atoms with Crippen LogP contribution < -0.4 is 5.32 Å². The maximum Gasteiger partial charge on any atom is 0.313 e. The minimum Gasteiger partial charge on any atom is -0.465 e. The normalized spacial score (nSPS) is 29.3. The Balaban J connectivity index is 1.82. The lowest BCUT2D eigenvalue weighted by atomic mass is 9.44. The summed E-state index contributed by atoms with van der Waals surface area (Å²) in [6, 6.07) is 7.73. The van der Waals surface area contributed by atoms with Crippen LogP contribution in [0.15, 0.2) is 24.3 Å². The molecule has 1 N–H and O–H groups in total. The van der Waals surface area contributed by atoms with Gasteiger partial charge in [-0.05, 0) is 36.0 Å².